The number of carbonyl (C=O) groups is 2. The van der Waals surface area contributed by atoms with Crippen molar-refractivity contribution in [1.29, 1.82) is 0 Å². The van der Waals surface area contributed by atoms with Crippen molar-refractivity contribution in [2.24, 2.45) is 0 Å². The largest absolute Gasteiger partial charge is 0.469 e. The van der Waals surface area contributed by atoms with Gasteiger partial charge in [-0.1, -0.05) is 12.1 Å². The van der Waals surface area contributed by atoms with Crippen LogP contribution in [0, 0.1) is 0 Å². The third-order valence-corrected chi connectivity index (χ3v) is 2.43. The predicted octanol–water partition coefficient (Wildman–Crippen LogP) is 3.01. The molecule has 21 heavy (non-hydrogen) atoms. The van der Waals surface area contributed by atoms with Crippen LogP contribution in [0.15, 0.2) is 24.3 Å². The molecule has 0 fully saturated rings. The number of amides is 1. The van der Waals surface area contributed by atoms with E-state index in [0.29, 0.717) is 17.9 Å². The van der Waals surface area contributed by atoms with E-state index in [2.05, 4.69) is 15.4 Å². The normalized spacial score (nSPS) is 10.7. The number of anilines is 2. The highest BCUT2D eigenvalue weighted by atomic mass is 16.6. The van der Waals surface area contributed by atoms with E-state index in [4.69, 9.17) is 4.74 Å². The van der Waals surface area contributed by atoms with Crippen molar-refractivity contribution in [3.05, 3.63) is 24.3 Å². The summed E-state index contributed by atoms with van der Waals surface area (Å²) in [4.78, 5) is 22.8. The number of carbonyl (C=O) groups excluding carboxylic acids is 2. The zero-order valence-corrected chi connectivity index (χ0v) is 12.9. The van der Waals surface area contributed by atoms with Crippen molar-refractivity contribution in [1.82, 2.24) is 0 Å². The zero-order valence-electron chi connectivity index (χ0n) is 12.9. The number of ether oxygens (including phenoxy) is 2. The number of para-hydroxylation sites is 2. The molecular formula is C15H22N2O4. The number of methoxy groups -OCH3 is 1. The molecule has 1 aromatic carbocycles. The Bertz CT molecular complexity index is 495. The van der Waals surface area contributed by atoms with E-state index < -0.39 is 11.7 Å². The molecule has 0 aliphatic heterocycles. The van der Waals surface area contributed by atoms with Gasteiger partial charge in [0.2, 0.25) is 0 Å². The van der Waals surface area contributed by atoms with Crippen LogP contribution >= 0.6 is 0 Å². The van der Waals surface area contributed by atoms with E-state index in [9.17, 15) is 9.59 Å². The molecule has 0 radical (unpaired) electrons. The summed E-state index contributed by atoms with van der Waals surface area (Å²) in [6, 6.07) is 7.20. The molecule has 6 heteroatoms. The summed E-state index contributed by atoms with van der Waals surface area (Å²) >= 11 is 0. The average Bonchev–Trinajstić information content (AvgIpc) is 2.38. The highest BCUT2D eigenvalue weighted by Gasteiger charge is 2.17. The second kappa shape index (κ2) is 7.52. The maximum atomic E-state index is 11.8. The topological polar surface area (TPSA) is 76.7 Å². The standard InChI is InChI=1S/C15H22N2O4/c1-15(2,3)21-14(19)17-12-8-6-5-7-11(12)16-10-9-13(18)20-4/h5-8,16H,9-10H2,1-4H3,(H,17,19). The van der Waals surface area contributed by atoms with Crippen molar-refractivity contribution in [3.8, 4) is 0 Å². The van der Waals surface area contributed by atoms with Gasteiger partial charge in [0.1, 0.15) is 5.60 Å². The minimum Gasteiger partial charge on any atom is -0.469 e. The Morgan fingerprint density at radius 2 is 1.76 bits per heavy atom. The first kappa shape index (κ1) is 16.8. The van der Waals surface area contributed by atoms with Gasteiger partial charge in [0, 0.05) is 6.54 Å². The van der Waals surface area contributed by atoms with Crippen LogP contribution < -0.4 is 10.6 Å². The average molecular weight is 294 g/mol. The van der Waals surface area contributed by atoms with E-state index in [1.165, 1.54) is 7.11 Å². The quantitative estimate of drug-likeness (QED) is 0.816. The van der Waals surface area contributed by atoms with Crippen molar-refractivity contribution < 1.29 is 19.1 Å². The van der Waals surface area contributed by atoms with Gasteiger partial charge >= 0.3 is 12.1 Å². The molecule has 0 atom stereocenters. The number of hydrogen-bond donors (Lipinski definition) is 2. The maximum Gasteiger partial charge on any atom is 0.412 e. The summed E-state index contributed by atoms with van der Waals surface area (Å²) in [6.07, 6.45) is -0.276. The van der Waals surface area contributed by atoms with Crippen molar-refractivity contribution in [2.75, 3.05) is 24.3 Å². The van der Waals surface area contributed by atoms with Crippen LogP contribution in [0.5, 0.6) is 0 Å². The zero-order chi connectivity index (χ0) is 15.9. The molecule has 1 rings (SSSR count). The summed E-state index contributed by atoms with van der Waals surface area (Å²) in [7, 11) is 1.35. The fourth-order valence-electron chi connectivity index (χ4n) is 1.56. The molecule has 6 nitrogen and oxygen atoms in total. The van der Waals surface area contributed by atoms with E-state index in [-0.39, 0.29) is 12.4 Å². The third-order valence-electron chi connectivity index (χ3n) is 2.43. The summed E-state index contributed by atoms with van der Waals surface area (Å²) in [6.45, 7) is 5.81. The Morgan fingerprint density at radius 3 is 2.33 bits per heavy atom. The molecule has 0 saturated heterocycles. The van der Waals surface area contributed by atoms with Crippen molar-refractivity contribution >= 4 is 23.4 Å². The highest BCUT2D eigenvalue weighted by molar-refractivity contribution is 5.89. The molecular weight excluding hydrogens is 272 g/mol. The summed E-state index contributed by atoms with van der Waals surface area (Å²) in [5.41, 5.74) is 0.751. The van der Waals surface area contributed by atoms with Crippen LogP contribution in [0.1, 0.15) is 27.2 Å². The van der Waals surface area contributed by atoms with Gasteiger partial charge in [-0.25, -0.2) is 4.79 Å². The third kappa shape index (κ3) is 6.65. The maximum absolute atomic E-state index is 11.8. The van der Waals surface area contributed by atoms with Gasteiger partial charge in [0.05, 0.1) is 24.9 Å². The van der Waals surface area contributed by atoms with Gasteiger partial charge in [-0.15, -0.1) is 0 Å². The molecule has 0 spiro atoms. The van der Waals surface area contributed by atoms with Crippen LogP contribution in [0.3, 0.4) is 0 Å². The molecule has 0 bridgehead atoms. The molecule has 0 saturated carbocycles. The predicted molar refractivity (Wildman–Crippen MR) is 81.4 cm³/mol. The molecule has 0 aromatic heterocycles. The van der Waals surface area contributed by atoms with Crippen LogP contribution in [0.2, 0.25) is 0 Å². The minimum absolute atomic E-state index is 0.247. The SMILES string of the molecule is COC(=O)CCNc1ccccc1NC(=O)OC(C)(C)C. The fraction of sp³-hybridized carbons (Fsp3) is 0.467. The molecule has 0 aliphatic carbocycles. The Morgan fingerprint density at radius 1 is 1.14 bits per heavy atom. The molecule has 0 unspecified atom stereocenters. The van der Waals surface area contributed by atoms with E-state index in [0.717, 1.165) is 0 Å². The van der Waals surface area contributed by atoms with Gasteiger partial charge in [0.25, 0.3) is 0 Å². The molecule has 0 heterocycles. The Hall–Kier alpha value is -2.24. The lowest BCUT2D eigenvalue weighted by molar-refractivity contribution is -0.140. The number of hydrogen-bond acceptors (Lipinski definition) is 5. The lowest BCUT2D eigenvalue weighted by atomic mass is 10.2. The van der Waals surface area contributed by atoms with E-state index in [1.54, 1.807) is 32.9 Å². The van der Waals surface area contributed by atoms with Gasteiger partial charge in [-0.05, 0) is 32.9 Å². The van der Waals surface area contributed by atoms with E-state index >= 15 is 0 Å². The Balaban J connectivity index is 2.62. The molecule has 1 aromatic rings. The summed E-state index contributed by atoms with van der Waals surface area (Å²) in [5.74, 6) is -0.292. The van der Waals surface area contributed by atoms with Crippen molar-refractivity contribution in [3.63, 3.8) is 0 Å². The smallest absolute Gasteiger partial charge is 0.412 e. The molecule has 116 valence electrons. The van der Waals surface area contributed by atoms with Gasteiger partial charge in [-0.3, -0.25) is 10.1 Å². The number of rotatable bonds is 5. The molecule has 0 aliphatic rings. The van der Waals surface area contributed by atoms with Crippen LogP contribution in [0.25, 0.3) is 0 Å². The van der Waals surface area contributed by atoms with Crippen LogP contribution in [-0.2, 0) is 14.3 Å². The van der Waals surface area contributed by atoms with Gasteiger partial charge in [0.15, 0.2) is 0 Å². The van der Waals surface area contributed by atoms with Gasteiger partial charge in [-0.2, -0.15) is 0 Å². The first-order valence-corrected chi connectivity index (χ1v) is 6.71. The summed E-state index contributed by atoms with van der Waals surface area (Å²) in [5, 5.41) is 5.75. The number of esters is 1. The highest BCUT2D eigenvalue weighted by Crippen LogP contribution is 2.21. The van der Waals surface area contributed by atoms with Crippen LogP contribution in [0.4, 0.5) is 16.2 Å². The van der Waals surface area contributed by atoms with Crippen molar-refractivity contribution in [2.45, 2.75) is 32.8 Å². The number of nitrogens with one attached hydrogen (secondary N) is 2. The Kier molecular flexibility index (Phi) is 6.02. The Labute approximate surface area is 124 Å². The first-order chi connectivity index (χ1) is 9.81. The fourth-order valence-corrected chi connectivity index (χ4v) is 1.56. The lowest BCUT2D eigenvalue weighted by Gasteiger charge is -2.20. The van der Waals surface area contributed by atoms with E-state index in [1.807, 2.05) is 12.1 Å². The second-order valence-corrected chi connectivity index (χ2v) is 5.43. The first-order valence-electron chi connectivity index (χ1n) is 6.71. The second-order valence-electron chi connectivity index (χ2n) is 5.43. The monoisotopic (exact) mass is 294 g/mol. The van der Waals surface area contributed by atoms with Gasteiger partial charge < -0.3 is 14.8 Å². The number of benzene rings is 1. The van der Waals surface area contributed by atoms with Crippen LogP contribution in [-0.4, -0.2) is 31.3 Å². The minimum atomic E-state index is -0.558. The lowest BCUT2D eigenvalue weighted by Crippen LogP contribution is -2.27. The summed E-state index contributed by atoms with van der Waals surface area (Å²) < 4.78 is 9.77. The molecule has 1 amide bonds. The molecule has 2 N–H and O–H groups in total.